The highest BCUT2D eigenvalue weighted by molar-refractivity contribution is 6.08. The minimum absolute atomic E-state index is 0.0164. The molecule has 1 aromatic rings. The zero-order valence-corrected chi connectivity index (χ0v) is 8.35. The van der Waals surface area contributed by atoms with Crippen molar-refractivity contribution in [1.82, 2.24) is 4.98 Å². The van der Waals surface area contributed by atoms with Crippen LogP contribution in [0, 0.1) is 0 Å². The average Bonchev–Trinajstić information content (AvgIpc) is 2.57. The molecule has 1 aliphatic heterocycles. The fourth-order valence-corrected chi connectivity index (χ4v) is 2.42. The van der Waals surface area contributed by atoms with Gasteiger partial charge in [-0.15, -0.1) is 0 Å². The van der Waals surface area contributed by atoms with E-state index in [1.54, 1.807) is 0 Å². The molecule has 2 N–H and O–H groups in total. The molecule has 78 valence electrons. The fourth-order valence-electron chi connectivity index (χ4n) is 2.42. The molecule has 15 heavy (non-hydrogen) atoms. The third-order valence-electron chi connectivity index (χ3n) is 3.13. The Bertz CT molecular complexity index is 459. The quantitative estimate of drug-likeness (QED) is 0.671. The highest BCUT2D eigenvalue weighted by Gasteiger charge is 2.29. The number of nitrogens with one attached hydrogen (secondary N) is 2. The largest absolute Gasteiger partial charge is 0.360 e. The first kappa shape index (κ1) is 8.71. The number of aryl methyl sites for hydroxylation is 2. The predicted octanol–water partition coefficient (Wildman–Crippen LogP) is 1.42. The molecule has 1 aliphatic carbocycles. The number of rotatable bonds is 0. The lowest BCUT2D eigenvalue weighted by molar-refractivity contribution is -0.116. The van der Waals surface area contributed by atoms with E-state index < -0.39 is 0 Å². The molecule has 2 heterocycles. The molecular formula is C11H12N2O2. The number of aromatic amines is 1. The Kier molecular flexibility index (Phi) is 1.71. The molecule has 0 fully saturated rings. The van der Waals surface area contributed by atoms with Gasteiger partial charge in [-0.25, -0.2) is 0 Å². The Morgan fingerprint density at radius 2 is 1.80 bits per heavy atom. The van der Waals surface area contributed by atoms with Gasteiger partial charge in [0.25, 0.3) is 0 Å². The SMILES string of the molecule is O=C1CCc2[nH]c3c(c2N1)C(=O)CCC3. The summed E-state index contributed by atoms with van der Waals surface area (Å²) in [7, 11) is 0. The van der Waals surface area contributed by atoms with Crippen molar-refractivity contribution in [3.63, 3.8) is 0 Å². The minimum Gasteiger partial charge on any atom is -0.360 e. The molecule has 0 saturated carbocycles. The molecule has 0 bridgehead atoms. The Morgan fingerprint density at radius 3 is 2.67 bits per heavy atom. The van der Waals surface area contributed by atoms with Gasteiger partial charge in [-0.05, 0) is 19.3 Å². The summed E-state index contributed by atoms with van der Waals surface area (Å²) < 4.78 is 0. The summed E-state index contributed by atoms with van der Waals surface area (Å²) in [6, 6.07) is 0. The number of hydrogen-bond donors (Lipinski definition) is 2. The Morgan fingerprint density at radius 1 is 0.933 bits per heavy atom. The van der Waals surface area contributed by atoms with Gasteiger partial charge in [0.15, 0.2) is 5.78 Å². The zero-order valence-electron chi connectivity index (χ0n) is 8.35. The molecule has 4 heteroatoms. The van der Waals surface area contributed by atoms with Gasteiger partial charge in [-0.2, -0.15) is 0 Å². The van der Waals surface area contributed by atoms with Gasteiger partial charge in [0.05, 0.1) is 11.3 Å². The van der Waals surface area contributed by atoms with E-state index >= 15 is 0 Å². The van der Waals surface area contributed by atoms with Crippen molar-refractivity contribution in [2.75, 3.05) is 5.32 Å². The summed E-state index contributed by atoms with van der Waals surface area (Å²) in [4.78, 5) is 26.3. The lowest BCUT2D eigenvalue weighted by Gasteiger charge is -2.15. The number of amides is 1. The van der Waals surface area contributed by atoms with E-state index in [1.807, 2.05) is 0 Å². The van der Waals surface area contributed by atoms with E-state index in [9.17, 15) is 9.59 Å². The number of carbonyl (C=O) groups excluding carboxylic acids is 2. The second-order valence-corrected chi connectivity index (χ2v) is 4.16. The van der Waals surface area contributed by atoms with Gasteiger partial charge >= 0.3 is 0 Å². The van der Waals surface area contributed by atoms with Crippen molar-refractivity contribution < 1.29 is 9.59 Å². The zero-order chi connectivity index (χ0) is 10.4. The number of fused-ring (bicyclic) bond motifs is 3. The van der Waals surface area contributed by atoms with Crippen LogP contribution in [0.15, 0.2) is 0 Å². The molecule has 0 aromatic carbocycles. The monoisotopic (exact) mass is 204 g/mol. The molecule has 0 saturated heterocycles. The maximum Gasteiger partial charge on any atom is 0.224 e. The number of carbonyl (C=O) groups is 2. The second-order valence-electron chi connectivity index (χ2n) is 4.16. The molecule has 2 aliphatic rings. The smallest absolute Gasteiger partial charge is 0.224 e. The lowest BCUT2D eigenvalue weighted by atomic mass is 9.94. The van der Waals surface area contributed by atoms with Crippen molar-refractivity contribution in [2.24, 2.45) is 0 Å². The number of ketones is 1. The summed E-state index contributed by atoms with van der Waals surface area (Å²) in [5, 5.41) is 2.81. The first-order chi connectivity index (χ1) is 7.25. The van der Waals surface area contributed by atoms with Crippen LogP contribution in [-0.4, -0.2) is 16.7 Å². The summed E-state index contributed by atoms with van der Waals surface area (Å²) in [5.41, 5.74) is 3.53. The number of anilines is 1. The molecule has 3 rings (SSSR count). The molecule has 0 radical (unpaired) electrons. The molecule has 0 unspecified atom stereocenters. The van der Waals surface area contributed by atoms with Gasteiger partial charge in [0.1, 0.15) is 0 Å². The topological polar surface area (TPSA) is 62.0 Å². The molecule has 4 nitrogen and oxygen atoms in total. The lowest BCUT2D eigenvalue weighted by Crippen LogP contribution is -2.20. The van der Waals surface area contributed by atoms with Gasteiger partial charge in [0.2, 0.25) is 5.91 Å². The van der Waals surface area contributed by atoms with Gasteiger partial charge in [-0.3, -0.25) is 9.59 Å². The van der Waals surface area contributed by atoms with Crippen LogP contribution in [0.1, 0.15) is 41.0 Å². The van der Waals surface area contributed by atoms with Crippen LogP contribution in [0.2, 0.25) is 0 Å². The van der Waals surface area contributed by atoms with E-state index in [0.29, 0.717) is 12.8 Å². The predicted molar refractivity (Wildman–Crippen MR) is 55.0 cm³/mol. The number of H-pyrrole nitrogens is 1. The number of aromatic nitrogens is 1. The van der Waals surface area contributed by atoms with E-state index in [-0.39, 0.29) is 11.7 Å². The summed E-state index contributed by atoms with van der Waals surface area (Å²) in [6.07, 6.45) is 3.68. The second kappa shape index (κ2) is 2.95. The standard InChI is InChI=1S/C11H12N2O2/c14-8-3-1-2-6-10(8)11-7(12-6)4-5-9(15)13-11/h12H,1-5H2,(H,13,15). The van der Waals surface area contributed by atoms with Crippen molar-refractivity contribution in [3.05, 3.63) is 17.0 Å². The van der Waals surface area contributed by atoms with Gasteiger partial charge in [-0.1, -0.05) is 0 Å². The fraction of sp³-hybridized carbons (Fsp3) is 0.455. The molecular weight excluding hydrogens is 192 g/mol. The van der Waals surface area contributed by atoms with E-state index in [2.05, 4.69) is 10.3 Å². The van der Waals surface area contributed by atoms with Crippen LogP contribution in [0.5, 0.6) is 0 Å². The van der Waals surface area contributed by atoms with Crippen molar-refractivity contribution in [1.29, 1.82) is 0 Å². The number of hydrogen-bond acceptors (Lipinski definition) is 2. The normalized spacial score (nSPS) is 19.5. The van der Waals surface area contributed by atoms with Gasteiger partial charge < -0.3 is 10.3 Å². The van der Waals surface area contributed by atoms with E-state index in [4.69, 9.17) is 0 Å². The molecule has 1 amide bonds. The van der Waals surface area contributed by atoms with Crippen LogP contribution < -0.4 is 5.32 Å². The maximum absolute atomic E-state index is 11.8. The van der Waals surface area contributed by atoms with Crippen LogP contribution in [-0.2, 0) is 17.6 Å². The third-order valence-corrected chi connectivity index (χ3v) is 3.13. The van der Waals surface area contributed by atoms with Crippen molar-refractivity contribution in [2.45, 2.75) is 32.1 Å². The summed E-state index contributed by atoms with van der Waals surface area (Å²) in [6.45, 7) is 0. The van der Waals surface area contributed by atoms with Crippen LogP contribution in [0.3, 0.4) is 0 Å². The molecule has 0 spiro atoms. The summed E-state index contributed by atoms with van der Waals surface area (Å²) in [5.74, 6) is 0.179. The van der Waals surface area contributed by atoms with Crippen molar-refractivity contribution in [3.8, 4) is 0 Å². The summed E-state index contributed by atoms with van der Waals surface area (Å²) >= 11 is 0. The first-order valence-electron chi connectivity index (χ1n) is 5.32. The maximum atomic E-state index is 11.8. The Hall–Kier alpha value is -1.58. The highest BCUT2D eigenvalue weighted by Crippen LogP contribution is 2.33. The third kappa shape index (κ3) is 1.21. The highest BCUT2D eigenvalue weighted by atomic mass is 16.1. The van der Waals surface area contributed by atoms with Crippen LogP contribution in [0.4, 0.5) is 5.69 Å². The van der Waals surface area contributed by atoms with Gasteiger partial charge in [0, 0.05) is 24.2 Å². The van der Waals surface area contributed by atoms with E-state index in [1.165, 1.54) is 0 Å². The number of Topliss-reactive ketones (excluding diaryl/α,β-unsaturated/α-hetero) is 1. The minimum atomic E-state index is 0.0164. The first-order valence-corrected chi connectivity index (χ1v) is 5.32. The van der Waals surface area contributed by atoms with Crippen LogP contribution >= 0.6 is 0 Å². The van der Waals surface area contributed by atoms with Crippen molar-refractivity contribution >= 4 is 17.4 Å². The Balaban J connectivity index is 2.16. The molecule has 0 atom stereocenters. The average molecular weight is 204 g/mol. The Labute approximate surface area is 87.1 Å². The van der Waals surface area contributed by atoms with E-state index in [0.717, 1.165) is 41.9 Å². The molecule has 1 aromatic heterocycles. The van der Waals surface area contributed by atoms with Crippen LogP contribution in [0.25, 0.3) is 0 Å².